The zero-order chi connectivity index (χ0) is 11.4. The molecule has 2 heteroatoms. The molecule has 0 unspecified atom stereocenters. The van der Waals surface area contributed by atoms with Crippen LogP contribution in [0.5, 0.6) is 0 Å². The van der Waals surface area contributed by atoms with Crippen LogP contribution >= 0.6 is 0 Å². The van der Waals surface area contributed by atoms with Gasteiger partial charge in [-0.3, -0.25) is 4.79 Å². The van der Waals surface area contributed by atoms with E-state index in [9.17, 15) is 4.79 Å². The van der Waals surface area contributed by atoms with Gasteiger partial charge in [-0.05, 0) is 18.2 Å². The van der Waals surface area contributed by atoms with Crippen LogP contribution < -0.4 is 5.32 Å². The highest BCUT2D eigenvalue weighted by atomic mass is 16.1. The predicted molar refractivity (Wildman–Crippen MR) is 65.4 cm³/mol. The summed E-state index contributed by atoms with van der Waals surface area (Å²) in [5.41, 5.74) is 2.93. The molecule has 0 saturated heterocycles. The third kappa shape index (κ3) is 2.06. The highest BCUT2D eigenvalue weighted by Gasteiger charge is 2.23. The summed E-state index contributed by atoms with van der Waals surface area (Å²) in [4.78, 5) is 12.0. The number of carbonyl (C=O) groups excluding carboxylic acids is 1. The summed E-state index contributed by atoms with van der Waals surface area (Å²) in [5, 5.41) is 2.93. The third-order valence-electron chi connectivity index (χ3n) is 2.72. The molecule has 82 valence electrons. The first-order valence-corrected chi connectivity index (χ1v) is 5.47. The number of Topliss-reactive ketones (excluding diaryl/α,β-unsaturated/α-hetero) is 1. The van der Waals surface area contributed by atoms with Crippen LogP contribution in [0.3, 0.4) is 0 Å². The van der Waals surface area contributed by atoms with Crippen molar-refractivity contribution >= 4 is 5.78 Å². The molecule has 2 nitrogen and oxygen atoms in total. The fraction of sp³-hybridized carbons (Fsp3) is 0.214. The van der Waals surface area contributed by atoms with Crippen LogP contribution in [0.1, 0.15) is 22.3 Å². The Bertz CT molecular complexity index is 458. The van der Waals surface area contributed by atoms with E-state index in [1.807, 2.05) is 49.7 Å². The number of ketones is 1. The zero-order valence-electron chi connectivity index (χ0n) is 9.36. The first-order valence-electron chi connectivity index (χ1n) is 5.47. The second-order valence-corrected chi connectivity index (χ2v) is 3.82. The van der Waals surface area contributed by atoms with Gasteiger partial charge in [0.2, 0.25) is 0 Å². The minimum absolute atomic E-state index is 0.188. The van der Waals surface area contributed by atoms with E-state index in [-0.39, 0.29) is 5.78 Å². The van der Waals surface area contributed by atoms with Gasteiger partial charge in [0.15, 0.2) is 5.78 Å². The molecule has 0 radical (unpaired) electrons. The maximum Gasteiger partial charge on any atom is 0.189 e. The number of allylic oxidation sites excluding steroid dienone is 3. The average molecular weight is 213 g/mol. The Morgan fingerprint density at radius 3 is 2.94 bits per heavy atom. The molecule has 0 atom stereocenters. The number of hydrogen-bond donors (Lipinski definition) is 1. The maximum absolute atomic E-state index is 12.0. The molecule has 0 saturated carbocycles. The Kier molecular flexibility index (Phi) is 3.20. The number of fused-ring (bicyclic) bond motifs is 1. The second-order valence-electron chi connectivity index (χ2n) is 3.82. The first kappa shape index (κ1) is 10.7. The molecule has 1 aliphatic carbocycles. The summed E-state index contributed by atoms with van der Waals surface area (Å²) in [5.74, 6) is 0.188. The summed E-state index contributed by atoms with van der Waals surface area (Å²) in [6.07, 6.45) is 7.47. The topological polar surface area (TPSA) is 29.1 Å². The molecule has 0 aliphatic heterocycles. The van der Waals surface area contributed by atoms with Crippen molar-refractivity contribution in [1.29, 1.82) is 0 Å². The molecule has 0 spiro atoms. The maximum atomic E-state index is 12.0. The van der Waals surface area contributed by atoms with Gasteiger partial charge in [0.25, 0.3) is 0 Å². The normalized spacial score (nSPS) is 17.1. The van der Waals surface area contributed by atoms with Crippen molar-refractivity contribution in [3.63, 3.8) is 0 Å². The molecule has 16 heavy (non-hydrogen) atoms. The lowest BCUT2D eigenvalue weighted by atomic mass is 10.1. The molecule has 2 rings (SSSR count). The van der Waals surface area contributed by atoms with E-state index in [0.29, 0.717) is 0 Å². The molecule has 0 heterocycles. The monoisotopic (exact) mass is 213 g/mol. The zero-order valence-corrected chi connectivity index (χ0v) is 9.36. The Labute approximate surface area is 95.7 Å². The molecule has 0 fully saturated rings. The number of benzene rings is 1. The second kappa shape index (κ2) is 4.79. The van der Waals surface area contributed by atoms with Gasteiger partial charge in [-0.25, -0.2) is 0 Å². The van der Waals surface area contributed by atoms with Crippen LogP contribution in [0.25, 0.3) is 0 Å². The van der Waals surface area contributed by atoms with E-state index in [2.05, 4.69) is 5.32 Å². The summed E-state index contributed by atoms with van der Waals surface area (Å²) >= 11 is 0. The van der Waals surface area contributed by atoms with Crippen LogP contribution in [0.15, 0.2) is 48.2 Å². The van der Waals surface area contributed by atoms with Gasteiger partial charge in [-0.2, -0.15) is 0 Å². The van der Waals surface area contributed by atoms with Crippen molar-refractivity contribution in [1.82, 2.24) is 5.32 Å². The largest absolute Gasteiger partial charge is 0.394 e. The van der Waals surface area contributed by atoms with E-state index >= 15 is 0 Å². The van der Waals surface area contributed by atoms with Crippen LogP contribution in [-0.2, 0) is 6.42 Å². The fourth-order valence-corrected chi connectivity index (χ4v) is 1.92. The van der Waals surface area contributed by atoms with E-state index in [0.717, 1.165) is 29.5 Å². The van der Waals surface area contributed by atoms with Crippen molar-refractivity contribution < 1.29 is 4.79 Å². The van der Waals surface area contributed by atoms with E-state index in [1.54, 1.807) is 0 Å². The number of carbonyl (C=O) groups is 1. The van der Waals surface area contributed by atoms with E-state index < -0.39 is 0 Å². The minimum Gasteiger partial charge on any atom is -0.394 e. The number of rotatable bonds is 3. The lowest BCUT2D eigenvalue weighted by Gasteiger charge is -1.92. The van der Waals surface area contributed by atoms with E-state index in [4.69, 9.17) is 0 Å². The highest BCUT2D eigenvalue weighted by molar-refractivity contribution is 6.13. The summed E-state index contributed by atoms with van der Waals surface area (Å²) in [7, 11) is 1.86. The van der Waals surface area contributed by atoms with Gasteiger partial charge in [-0.1, -0.05) is 36.4 Å². The van der Waals surface area contributed by atoms with Gasteiger partial charge in [-0.15, -0.1) is 0 Å². The van der Waals surface area contributed by atoms with Crippen LogP contribution in [0.2, 0.25) is 0 Å². The number of nitrogens with one attached hydrogen (secondary N) is 1. The van der Waals surface area contributed by atoms with Crippen molar-refractivity contribution in [3.05, 3.63) is 59.3 Å². The van der Waals surface area contributed by atoms with E-state index in [1.165, 1.54) is 0 Å². The van der Waals surface area contributed by atoms with Crippen LogP contribution in [0, 0.1) is 0 Å². The van der Waals surface area contributed by atoms with Crippen molar-refractivity contribution in [2.75, 3.05) is 7.05 Å². The molecule has 1 aliphatic rings. The Balaban J connectivity index is 2.12. The van der Waals surface area contributed by atoms with Crippen LogP contribution in [0.4, 0.5) is 0 Å². The van der Waals surface area contributed by atoms with Crippen molar-refractivity contribution in [3.8, 4) is 0 Å². The number of hydrogen-bond acceptors (Lipinski definition) is 2. The SMILES string of the molecule is CN/C=C\C/C=C1\Cc2ccccc2C1=O. The Morgan fingerprint density at radius 2 is 2.19 bits per heavy atom. The van der Waals surface area contributed by atoms with Crippen LogP contribution in [-0.4, -0.2) is 12.8 Å². The lowest BCUT2D eigenvalue weighted by molar-refractivity contribution is 0.103. The molecule has 0 bridgehead atoms. The summed E-state index contributed by atoms with van der Waals surface area (Å²) in [6.45, 7) is 0. The molecular weight excluding hydrogens is 198 g/mol. The van der Waals surface area contributed by atoms with Crippen molar-refractivity contribution in [2.24, 2.45) is 0 Å². The minimum atomic E-state index is 0.188. The van der Waals surface area contributed by atoms with Gasteiger partial charge in [0.05, 0.1) is 0 Å². The average Bonchev–Trinajstić information content (AvgIpc) is 2.63. The van der Waals surface area contributed by atoms with Crippen molar-refractivity contribution in [2.45, 2.75) is 12.8 Å². The van der Waals surface area contributed by atoms with Gasteiger partial charge < -0.3 is 5.32 Å². The standard InChI is InChI=1S/C14H15NO/c1-15-9-5-4-7-12-10-11-6-2-3-8-13(11)14(12)16/h2-3,5-9,15H,4,10H2,1H3/b9-5-,12-7+. The molecule has 0 aromatic heterocycles. The quantitative estimate of drug-likeness (QED) is 0.781. The fourth-order valence-electron chi connectivity index (χ4n) is 1.92. The Morgan fingerprint density at radius 1 is 1.38 bits per heavy atom. The smallest absolute Gasteiger partial charge is 0.189 e. The van der Waals surface area contributed by atoms with Gasteiger partial charge in [0, 0.05) is 24.6 Å². The highest BCUT2D eigenvalue weighted by Crippen LogP contribution is 2.25. The molecule has 1 aromatic carbocycles. The summed E-state index contributed by atoms with van der Waals surface area (Å²) in [6, 6.07) is 7.83. The molecule has 1 N–H and O–H groups in total. The molecule has 1 aromatic rings. The lowest BCUT2D eigenvalue weighted by Crippen LogP contribution is -1.95. The molecule has 0 amide bonds. The first-order chi connectivity index (χ1) is 7.83. The predicted octanol–water partition coefficient (Wildman–Crippen LogP) is 2.48. The van der Waals surface area contributed by atoms with Gasteiger partial charge in [0.1, 0.15) is 0 Å². The Hall–Kier alpha value is -1.83. The molecular formula is C14H15NO. The third-order valence-corrected chi connectivity index (χ3v) is 2.72. The summed E-state index contributed by atoms with van der Waals surface area (Å²) < 4.78 is 0. The van der Waals surface area contributed by atoms with Gasteiger partial charge >= 0.3 is 0 Å².